The van der Waals surface area contributed by atoms with Crippen LogP contribution in [0, 0.1) is 0 Å². The number of hydrogen-bond donors (Lipinski definition) is 1. The molecule has 2 aliphatic rings. The van der Waals surface area contributed by atoms with Crippen molar-refractivity contribution in [3.63, 3.8) is 0 Å². The third-order valence-electron chi connectivity index (χ3n) is 6.97. The molecule has 1 atom stereocenters. The summed E-state index contributed by atoms with van der Waals surface area (Å²) in [6.07, 6.45) is 8.91. The molecular weight excluding hydrogens is 388 g/mol. The number of allylic oxidation sites excluding steroid dienone is 4. The Labute approximate surface area is 185 Å². The summed E-state index contributed by atoms with van der Waals surface area (Å²) in [7, 11) is 0. The number of phenolic OH excluding ortho intramolecular Hbond substituents is 1. The lowest BCUT2D eigenvalue weighted by Crippen LogP contribution is -2.25. The molecule has 150 valence electrons. The van der Waals surface area contributed by atoms with E-state index >= 15 is 0 Å². The molecule has 0 heterocycles. The second-order valence-corrected chi connectivity index (χ2v) is 8.71. The molecule has 0 radical (unpaired) electrons. The van der Waals surface area contributed by atoms with Crippen LogP contribution in [0.15, 0.2) is 109 Å². The number of hydrogen-bond acceptors (Lipinski definition) is 1. The zero-order valence-electron chi connectivity index (χ0n) is 17.4. The maximum atomic E-state index is 10.6. The zero-order chi connectivity index (χ0) is 21.2. The van der Waals surface area contributed by atoms with Crippen molar-refractivity contribution in [2.24, 2.45) is 0 Å². The van der Waals surface area contributed by atoms with E-state index in [1.807, 2.05) is 6.07 Å². The SMILES string of the molecule is Oc1cccc2ccc3c(c12)=CC1=CC=CC(c2cccc4cc5ccccc5cc24)C=31. The topological polar surface area (TPSA) is 20.2 Å². The first-order chi connectivity index (χ1) is 15.8. The summed E-state index contributed by atoms with van der Waals surface area (Å²) in [6, 6.07) is 29.9. The number of rotatable bonds is 1. The van der Waals surface area contributed by atoms with Crippen LogP contribution in [0.3, 0.4) is 0 Å². The van der Waals surface area contributed by atoms with E-state index < -0.39 is 0 Å². The quantitative estimate of drug-likeness (QED) is 0.334. The van der Waals surface area contributed by atoms with Crippen molar-refractivity contribution in [3.8, 4) is 5.75 Å². The summed E-state index contributed by atoms with van der Waals surface area (Å²) in [6.45, 7) is 0. The molecule has 7 rings (SSSR count). The normalized spacial score (nSPS) is 16.8. The van der Waals surface area contributed by atoms with Gasteiger partial charge in [-0.2, -0.15) is 0 Å². The first-order valence-corrected chi connectivity index (χ1v) is 11.0. The van der Waals surface area contributed by atoms with E-state index in [0.29, 0.717) is 5.75 Å². The molecule has 2 aliphatic carbocycles. The highest BCUT2D eigenvalue weighted by Gasteiger charge is 2.25. The van der Waals surface area contributed by atoms with Crippen LogP contribution >= 0.6 is 0 Å². The Kier molecular flexibility index (Phi) is 3.54. The number of phenols is 1. The Balaban J connectivity index is 1.55. The van der Waals surface area contributed by atoms with Gasteiger partial charge in [0.25, 0.3) is 0 Å². The van der Waals surface area contributed by atoms with Crippen molar-refractivity contribution in [1.82, 2.24) is 0 Å². The molecule has 1 unspecified atom stereocenters. The summed E-state index contributed by atoms with van der Waals surface area (Å²) in [5.41, 5.74) is 3.89. The molecule has 32 heavy (non-hydrogen) atoms. The van der Waals surface area contributed by atoms with Gasteiger partial charge in [-0.3, -0.25) is 0 Å². The van der Waals surface area contributed by atoms with E-state index in [2.05, 4.69) is 97.1 Å². The second kappa shape index (κ2) is 6.45. The van der Waals surface area contributed by atoms with Crippen molar-refractivity contribution in [1.29, 1.82) is 0 Å². The number of fused-ring (bicyclic) bond motifs is 6. The molecule has 5 aromatic rings. The summed E-state index contributed by atoms with van der Waals surface area (Å²) < 4.78 is 0. The van der Waals surface area contributed by atoms with Crippen LogP contribution in [-0.4, -0.2) is 5.11 Å². The summed E-state index contributed by atoms with van der Waals surface area (Å²) in [5.74, 6) is 0.511. The highest BCUT2D eigenvalue weighted by atomic mass is 16.3. The lowest BCUT2D eigenvalue weighted by molar-refractivity contribution is 0.481. The van der Waals surface area contributed by atoms with Crippen molar-refractivity contribution in [3.05, 3.63) is 125 Å². The highest BCUT2D eigenvalue weighted by molar-refractivity contribution is 6.02. The van der Waals surface area contributed by atoms with Gasteiger partial charge < -0.3 is 5.11 Å². The van der Waals surface area contributed by atoms with E-state index in [0.717, 1.165) is 16.0 Å². The summed E-state index contributed by atoms with van der Waals surface area (Å²) in [5, 5.41) is 20.1. The summed E-state index contributed by atoms with van der Waals surface area (Å²) >= 11 is 0. The Hall–Kier alpha value is -4.10. The molecule has 0 saturated carbocycles. The van der Waals surface area contributed by atoms with Crippen molar-refractivity contribution < 1.29 is 5.11 Å². The van der Waals surface area contributed by atoms with E-state index in [-0.39, 0.29) is 5.92 Å². The lowest BCUT2D eigenvalue weighted by Gasteiger charge is -2.22. The predicted molar refractivity (Wildman–Crippen MR) is 134 cm³/mol. The molecule has 0 aliphatic heterocycles. The van der Waals surface area contributed by atoms with Crippen LogP contribution < -0.4 is 10.4 Å². The fourth-order valence-electron chi connectivity index (χ4n) is 5.53. The number of aromatic hydroxyl groups is 1. The first kappa shape index (κ1) is 17.6. The largest absolute Gasteiger partial charge is 0.507 e. The average Bonchev–Trinajstić information content (AvgIpc) is 3.21. The van der Waals surface area contributed by atoms with Gasteiger partial charge in [-0.05, 0) is 78.4 Å². The highest BCUT2D eigenvalue weighted by Crippen LogP contribution is 2.40. The van der Waals surface area contributed by atoms with Crippen molar-refractivity contribution >= 4 is 44.0 Å². The Morgan fingerprint density at radius 3 is 2.38 bits per heavy atom. The maximum absolute atomic E-state index is 10.6. The summed E-state index contributed by atoms with van der Waals surface area (Å²) in [4.78, 5) is 0. The standard InChI is InChI=1S/C31H20O/c32-29-13-5-8-19-14-15-26-28(31(19)29)18-23-10-4-12-25(30(23)26)24-11-3-9-22-16-20-6-1-2-7-21(20)17-27(22)24/h1-18,25,32H. The Bertz CT molecular complexity index is 1780. The lowest BCUT2D eigenvalue weighted by atomic mass is 9.81. The van der Waals surface area contributed by atoms with Gasteiger partial charge in [-0.1, -0.05) is 85.0 Å². The molecule has 1 nitrogen and oxygen atoms in total. The Morgan fingerprint density at radius 2 is 1.47 bits per heavy atom. The molecule has 0 amide bonds. The second-order valence-electron chi connectivity index (χ2n) is 8.71. The predicted octanol–water partition coefficient (Wildman–Crippen LogP) is 6.08. The molecule has 0 saturated heterocycles. The van der Waals surface area contributed by atoms with Crippen LogP contribution in [0.2, 0.25) is 0 Å². The van der Waals surface area contributed by atoms with Gasteiger partial charge in [0, 0.05) is 11.3 Å². The Morgan fingerprint density at radius 1 is 0.688 bits per heavy atom. The van der Waals surface area contributed by atoms with Gasteiger partial charge in [-0.15, -0.1) is 0 Å². The zero-order valence-corrected chi connectivity index (χ0v) is 17.4. The van der Waals surface area contributed by atoms with Crippen molar-refractivity contribution in [2.45, 2.75) is 5.92 Å². The first-order valence-electron chi connectivity index (χ1n) is 11.0. The van der Waals surface area contributed by atoms with Gasteiger partial charge in [0.15, 0.2) is 0 Å². The molecule has 5 aromatic carbocycles. The monoisotopic (exact) mass is 408 g/mol. The van der Waals surface area contributed by atoms with E-state index in [1.54, 1.807) is 6.07 Å². The average molecular weight is 409 g/mol. The van der Waals surface area contributed by atoms with Crippen LogP contribution in [0.1, 0.15) is 11.5 Å². The smallest absolute Gasteiger partial charge is 0.124 e. The molecule has 0 fully saturated rings. The fourth-order valence-corrected chi connectivity index (χ4v) is 5.53. The third kappa shape index (κ3) is 2.39. The fraction of sp³-hybridized carbons (Fsp3) is 0.0323. The van der Waals surface area contributed by atoms with E-state index in [9.17, 15) is 5.11 Å². The van der Waals surface area contributed by atoms with Crippen LogP contribution in [-0.2, 0) is 0 Å². The van der Waals surface area contributed by atoms with Gasteiger partial charge in [-0.25, -0.2) is 0 Å². The van der Waals surface area contributed by atoms with Gasteiger partial charge >= 0.3 is 0 Å². The molecule has 1 heteroatoms. The minimum Gasteiger partial charge on any atom is -0.507 e. The van der Waals surface area contributed by atoms with Crippen LogP contribution in [0.25, 0.3) is 44.0 Å². The van der Waals surface area contributed by atoms with E-state index in [1.165, 1.54) is 43.5 Å². The molecule has 1 N–H and O–H groups in total. The minimum atomic E-state index is 0.167. The van der Waals surface area contributed by atoms with Gasteiger partial charge in [0.1, 0.15) is 5.75 Å². The van der Waals surface area contributed by atoms with Crippen molar-refractivity contribution in [2.75, 3.05) is 0 Å². The van der Waals surface area contributed by atoms with E-state index in [4.69, 9.17) is 0 Å². The third-order valence-corrected chi connectivity index (χ3v) is 6.97. The molecule has 0 aromatic heterocycles. The molecule has 0 bridgehead atoms. The van der Waals surface area contributed by atoms with Crippen LogP contribution in [0.4, 0.5) is 0 Å². The van der Waals surface area contributed by atoms with Gasteiger partial charge in [0.2, 0.25) is 0 Å². The molecular formula is C31H20O. The van der Waals surface area contributed by atoms with Gasteiger partial charge in [0.05, 0.1) is 0 Å². The minimum absolute atomic E-state index is 0.167. The number of benzene rings is 5. The van der Waals surface area contributed by atoms with Crippen LogP contribution in [0.5, 0.6) is 5.75 Å². The molecule has 0 spiro atoms. The maximum Gasteiger partial charge on any atom is 0.124 e.